The highest BCUT2D eigenvalue weighted by Crippen LogP contribution is 2.33. The molecule has 0 atom stereocenters. The summed E-state index contributed by atoms with van der Waals surface area (Å²) < 4.78 is 6.31. The van der Waals surface area contributed by atoms with E-state index in [-0.39, 0.29) is 0 Å². The van der Waals surface area contributed by atoms with E-state index in [1.165, 1.54) is 18.4 Å². The summed E-state index contributed by atoms with van der Waals surface area (Å²) in [6.07, 6.45) is 3.48. The molecule has 0 radical (unpaired) electrons. The van der Waals surface area contributed by atoms with E-state index in [0.29, 0.717) is 5.41 Å². The van der Waals surface area contributed by atoms with E-state index in [1.807, 2.05) is 13.1 Å². The SMILES string of the molecule is CCC(CC)(CNC)Cc1ccc(OC)c(Br)c1. The Kier molecular flexibility index (Phi) is 6.16. The van der Waals surface area contributed by atoms with Gasteiger partial charge in [0.25, 0.3) is 0 Å². The van der Waals surface area contributed by atoms with Crippen molar-refractivity contribution in [2.75, 3.05) is 20.7 Å². The molecule has 0 saturated heterocycles. The van der Waals surface area contributed by atoms with E-state index < -0.39 is 0 Å². The van der Waals surface area contributed by atoms with Crippen molar-refractivity contribution in [2.24, 2.45) is 5.41 Å². The number of methoxy groups -OCH3 is 1. The van der Waals surface area contributed by atoms with Gasteiger partial charge in [-0.3, -0.25) is 0 Å². The monoisotopic (exact) mass is 313 g/mol. The number of rotatable bonds is 7. The minimum atomic E-state index is 0.350. The molecule has 1 rings (SSSR count). The summed E-state index contributed by atoms with van der Waals surface area (Å²) in [7, 11) is 3.73. The summed E-state index contributed by atoms with van der Waals surface area (Å²) >= 11 is 3.56. The van der Waals surface area contributed by atoms with Gasteiger partial charge >= 0.3 is 0 Å². The third-order valence-electron chi connectivity index (χ3n) is 3.85. The van der Waals surface area contributed by atoms with E-state index in [4.69, 9.17) is 4.74 Å². The molecule has 0 aliphatic heterocycles. The number of halogens is 1. The summed E-state index contributed by atoms with van der Waals surface area (Å²) in [5, 5.41) is 3.33. The smallest absolute Gasteiger partial charge is 0.133 e. The van der Waals surface area contributed by atoms with Crippen LogP contribution in [0.4, 0.5) is 0 Å². The second-order valence-electron chi connectivity index (χ2n) is 4.88. The molecule has 3 heteroatoms. The molecule has 1 aromatic rings. The molecule has 0 amide bonds. The lowest BCUT2D eigenvalue weighted by molar-refractivity contribution is 0.253. The lowest BCUT2D eigenvalue weighted by atomic mass is 9.77. The molecule has 0 bridgehead atoms. The molecule has 18 heavy (non-hydrogen) atoms. The van der Waals surface area contributed by atoms with Crippen LogP contribution in [0.3, 0.4) is 0 Å². The first-order valence-electron chi connectivity index (χ1n) is 6.57. The second kappa shape index (κ2) is 7.15. The molecule has 0 saturated carbocycles. The molecule has 0 aliphatic carbocycles. The average Bonchev–Trinajstić information content (AvgIpc) is 2.38. The Morgan fingerprint density at radius 3 is 2.39 bits per heavy atom. The topological polar surface area (TPSA) is 21.3 Å². The van der Waals surface area contributed by atoms with Crippen molar-refractivity contribution in [3.63, 3.8) is 0 Å². The molecule has 0 spiro atoms. The second-order valence-corrected chi connectivity index (χ2v) is 5.74. The van der Waals surface area contributed by atoms with Crippen molar-refractivity contribution in [1.29, 1.82) is 0 Å². The molecule has 0 fully saturated rings. The van der Waals surface area contributed by atoms with Crippen LogP contribution in [-0.4, -0.2) is 20.7 Å². The first-order chi connectivity index (χ1) is 8.60. The Bertz CT molecular complexity index is 375. The van der Waals surface area contributed by atoms with Gasteiger partial charge < -0.3 is 10.1 Å². The fourth-order valence-electron chi connectivity index (χ4n) is 2.44. The number of hydrogen-bond acceptors (Lipinski definition) is 2. The van der Waals surface area contributed by atoms with Crippen LogP contribution >= 0.6 is 15.9 Å². The number of benzene rings is 1. The molecule has 0 aliphatic rings. The van der Waals surface area contributed by atoms with E-state index in [1.54, 1.807) is 7.11 Å². The first kappa shape index (κ1) is 15.5. The predicted octanol–water partition coefficient (Wildman–Crippen LogP) is 4.03. The first-order valence-corrected chi connectivity index (χ1v) is 7.37. The van der Waals surface area contributed by atoms with E-state index >= 15 is 0 Å². The number of hydrogen-bond donors (Lipinski definition) is 1. The highest BCUT2D eigenvalue weighted by Gasteiger charge is 2.25. The van der Waals surface area contributed by atoms with Crippen molar-refractivity contribution in [3.05, 3.63) is 28.2 Å². The van der Waals surface area contributed by atoms with Gasteiger partial charge in [-0.2, -0.15) is 0 Å². The van der Waals surface area contributed by atoms with E-state index in [9.17, 15) is 0 Å². The Balaban J connectivity index is 2.90. The maximum atomic E-state index is 5.27. The van der Waals surface area contributed by atoms with Crippen LogP contribution < -0.4 is 10.1 Å². The zero-order chi connectivity index (χ0) is 13.6. The van der Waals surface area contributed by atoms with Crippen molar-refractivity contribution >= 4 is 15.9 Å². The van der Waals surface area contributed by atoms with Gasteiger partial charge in [-0.15, -0.1) is 0 Å². The van der Waals surface area contributed by atoms with Crippen molar-refractivity contribution in [2.45, 2.75) is 33.1 Å². The average molecular weight is 314 g/mol. The number of ether oxygens (including phenoxy) is 1. The number of nitrogens with one attached hydrogen (secondary N) is 1. The van der Waals surface area contributed by atoms with Gasteiger partial charge in [0, 0.05) is 6.54 Å². The van der Waals surface area contributed by atoms with Gasteiger partial charge in [0.15, 0.2) is 0 Å². The minimum Gasteiger partial charge on any atom is -0.496 e. The molecule has 2 nitrogen and oxygen atoms in total. The maximum Gasteiger partial charge on any atom is 0.133 e. The Labute approximate surface area is 119 Å². The van der Waals surface area contributed by atoms with Crippen LogP contribution in [-0.2, 0) is 6.42 Å². The molecular weight excluding hydrogens is 290 g/mol. The van der Waals surface area contributed by atoms with Gasteiger partial charge in [-0.05, 0) is 65.4 Å². The van der Waals surface area contributed by atoms with Gasteiger partial charge in [-0.25, -0.2) is 0 Å². The third-order valence-corrected chi connectivity index (χ3v) is 4.47. The normalized spacial score (nSPS) is 11.6. The third kappa shape index (κ3) is 3.72. The van der Waals surface area contributed by atoms with Crippen LogP contribution in [0.2, 0.25) is 0 Å². The highest BCUT2D eigenvalue weighted by atomic mass is 79.9. The van der Waals surface area contributed by atoms with Crippen LogP contribution in [0.5, 0.6) is 5.75 Å². The van der Waals surface area contributed by atoms with Crippen LogP contribution in [0.1, 0.15) is 32.3 Å². The maximum absolute atomic E-state index is 5.27. The fourth-order valence-corrected chi connectivity index (χ4v) is 3.03. The quantitative estimate of drug-likeness (QED) is 0.820. The Hall–Kier alpha value is -0.540. The van der Waals surface area contributed by atoms with Gasteiger partial charge in [0.1, 0.15) is 5.75 Å². The minimum absolute atomic E-state index is 0.350. The predicted molar refractivity (Wildman–Crippen MR) is 81.3 cm³/mol. The molecule has 0 unspecified atom stereocenters. The lowest BCUT2D eigenvalue weighted by Gasteiger charge is -2.32. The van der Waals surface area contributed by atoms with Crippen LogP contribution in [0, 0.1) is 5.41 Å². The Morgan fingerprint density at radius 2 is 1.94 bits per heavy atom. The summed E-state index contributed by atoms with van der Waals surface area (Å²) in [6, 6.07) is 6.38. The fraction of sp³-hybridized carbons (Fsp3) is 0.600. The van der Waals surface area contributed by atoms with E-state index in [2.05, 4.69) is 47.2 Å². The standard InChI is InChI=1S/C15H24BrNO/c1-5-15(6-2,11-17-3)10-12-7-8-14(18-4)13(16)9-12/h7-9,17H,5-6,10-11H2,1-4H3. The zero-order valence-electron chi connectivity index (χ0n) is 11.8. The molecule has 102 valence electrons. The van der Waals surface area contributed by atoms with Gasteiger partial charge in [-0.1, -0.05) is 19.9 Å². The van der Waals surface area contributed by atoms with Crippen LogP contribution in [0.15, 0.2) is 22.7 Å². The summed E-state index contributed by atoms with van der Waals surface area (Å²) in [4.78, 5) is 0. The molecular formula is C15H24BrNO. The van der Waals surface area contributed by atoms with Crippen molar-refractivity contribution in [3.8, 4) is 5.75 Å². The van der Waals surface area contributed by atoms with Crippen molar-refractivity contribution < 1.29 is 4.74 Å². The Morgan fingerprint density at radius 1 is 1.28 bits per heavy atom. The van der Waals surface area contributed by atoms with Crippen molar-refractivity contribution in [1.82, 2.24) is 5.32 Å². The molecule has 1 N–H and O–H groups in total. The largest absolute Gasteiger partial charge is 0.496 e. The highest BCUT2D eigenvalue weighted by molar-refractivity contribution is 9.10. The van der Waals surface area contributed by atoms with Gasteiger partial charge in [0.2, 0.25) is 0 Å². The zero-order valence-corrected chi connectivity index (χ0v) is 13.4. The summed E-state index contributed by atoms with van der Waals surface area (Å²) in [5.41, 5.74) is 1.71. The lowest BCUT2D eigenvalue weighted by Crippen LogP contribution is -2.33. The molecule has 1 aromatic carbocycles. The van der Waals surface area contributed by atoms with Gasteiger partial charge in [0.05, 0.1) is 11.6 Å². The van der Waals surface area contributed by atoms with Crippen LogP contribution in [0.25, 0.3) is 0 Å². The summed E-state index contributed by atoms with van der Waals surface area (Å²) in [5.74, 6) is 0.894. The van der Waals surface area contributed by atoms with E-state index in [0.717, 1.165) is 23.2 Å². The molecule has 0 aromatic heterocycles. The summed E-state index contributed by atoms with van der Waals surface area (Å²) in [6.45, 7) is 5.61. The molecule has 0 heterocycles.